The van der Waals surface area contributed by atoms with Crippen molar-refractivity contribution in [3.63, 3.8) is 0 Å². The van der Waals surface area contributed by atoms with Gasteiger partial charge in [0.2, 0.25) is 0 Å². The molecular weight excluding hydrogens is 276 g/mol. The minimum Gasteiger partial charge on any atom is -0.496 e. The molecule has 2 unspecified atom stereocenters. The maximum Gasteiger partial charge on any atom is 0.270 e. The van der Waals surface area contributed by atoms with E-state index in [-0.39, 0.29) is 24.4 Å². The van der Waals surface area contributed by atoms with Gasteiger partial charge in [-0.15, -0.1) is 0 Å². The van der Waals surface area contributed by atoms with Crippen molar-refractivity contribution >= 4 is 5.69 Å². The number of benzene rings is 1. The number of nitro groups is 1. The molecule has 0 amide bonds. The number of methoxy groups -OCH3 is 1. The van der Waals surface area contributed by atoms with Gasteiger partial charge in [0.05, 0.1) is 31.4 Å². The molecule has 1 saturated heterocycles. The Balaban J connectivity index is 2.20. The average molecular weight is 296 g/mol. The minimum absolute atomic E-state index is 0.0324. The van der Waals surface area contributed by atoms with E-state index in [1.54, 1.807) is 13.2 Å². The number of hydrogen-bond acceptors (Lipinski definition) is 6. The van der Waals surface area contributed by atoms with E-state index >= 15 is 0 Å². The summed E-state index contributed by atoms with van der Waals surface area (Å²) in [6.07, 6.45) is -0.217. The first kappa shape index (κ1) is 15.7. The lowest BCUT2D eigenvalue weighted by Crippen LogP contribution is -2.48. The number of hydrogen-bond donors (Lipinski definition) is 1. The highest BCUT2D eigenvalue weighted by Crippen LogP contribution is 2.26. The number of aliphatic hydroxyl groups is 1. The summed E-state index contributed by atoms with van der Waals surface area (Å²) in [7, 11) is 1.55. The van der Waals surface area contributed by atoms with Gasteiger partial charge in [0.15, 0.2) is 0 Å². The molecule has 2 rings (SSSR count). The Kier molecular flexibility index (Phi) is 5.11. The summed E-state index contributed by atoms with van der Waals surface area (Å²) in [4.78, 5) is 12.6. The Labute approximate surface area is 123 Å². The minimum atomic E-state index is -0.414. The summed E-state index contributed by atoms with van der Waals surface area (Å²) in [5.41, 5.74) is 0.808. The Morgan fingerprint density at radius 3 is 2.95 bits per heavy atom. The van der Waals surface area contributed by atoms with Gasteiger partial charge in [-0.1, -0.05) is 0 Å². The molecule has 0 radical (unpaired) electrons. The van der Waals surface area contributed by atoms with Crippen LogP contribution in [0.25, 0.3) is 0 Å². The number of morpholine rings is 1. The number of aliphatic hydroxyl groups excluding tert-OH is 1. The van der Waals surface area contributed by atoms with Crippen LogP contribution in [0.2, 0.25) is 0 Å². The molecule has 7 heteroatoms. The molecule has 21 heavy (non-hydrogen) atoms. The molecule has 2 atom stereocenters. The van der Waals surface area contributed by atoms with Gasteiger partial charge in [-0.05, 0) is 13.0 Å². The van der Waals surface area contributed by atoms with E-state index in [0.29, 0.717) is 25.4 Å². The van der Waals surface area contributed by atoms with Crippen molar-refractivity contribution in [2.45, 2.75) is 25.6 Å². The smallest absolute Gasteiger partial charge is 0.270 e. The molecule has 0 aromatic heterocycles. The highest BCUT2D eigenvalue weighted by atomic mass is 16.6. The number of rotatable bonds is 5. The quantitative estimate of drug-likeness (QED) is 0.649. The molecule has 1 heterocycles. The van der Waals surface area contributed by atoms with Crippen molar-refractivity contribution in [3.05, 3.63) is 33.9 Å². The normalized spacial score (nSPS) is 23.0. The van der Waals surface area contributed by atoms with Crippen LogP contribution in [-0.4, -0.2) is 53.9 Å². The van der Waals surface area contributed by atoms with Crippen LogP contribution in [-0.2, 0) is 11.3 Å². The average Bonchev–Trinajstić information content (AvgIpc) is 2.49. The molecule has 116 valence electrons. The first-order valence-corrected chi connectivity index (χ1v) is 6.83. The second-order valence-corrected chi connectivity index (χ2v) is 5.17. The molecule has 0 saturated carbocycles. The first-order valence-electron chi connectivity index (χ1n) is 6.83. The van der Waals surface area contributed by atoms with E-state index in [0.717, 1.165) is 5.56 Å². The molecule has 0 bridgehead atoms. The van der Waals surface area contributed by atoms with Crippen LogP contribution in [0.1, 0.15) is 12.5 Å². The van der Waals surface area contributed by atoms with Crippen LogP contribution in [0.15, 0.2) is 18.2 Å². The van der Waals surface area contributed by atoms with Crippen LogP contribution in [0.4, 0.5) is 5.69 Å². The number of nitro benzene ring substituents is 1. The van der Waals surface area contributed by atoms with Gasteiger partial charge < -0.3 is 14.6 Å². The SMILES string of the molecule is COc1ccc([N+](=O)[O-])cc1CN1CC(CO)OCC1C. The third-order valence-corrected chi connectivity index (χ3v) is 3.69. The molecule has 1 aromatic carbocycles. The fraction of sp³-hybridized carbons (Fsp3) is 0.571. The van der Waals surface area contributed by atoms with Crippen molar-refractivity contribution in [2.75, 3.05) is 26.9 Å². The van der Waals surface area contributed by atoms with Crippen LogP contribution in [0.5, 0.6) is 5.75 Å². The molecule has 7 nitrogen and oxygen atoms in total. The van der Waals surface area contributed by atoms with Gasteiger partial charge in [0, 0.05) is 36.8 Å². The summed E-state index contributed by atoms with van der Waals surface area (Å²) in [5, 5.41) is 20.1. The van der Waals surface area contributed by atoms with Crippen molar-refractivity contribution in [2.24, 2.45) is 0 Å². The molecular formula is C14H20N2O5. The van der Waals surface area contributed by atoms with Crippen molar-refractivity contribution in [1.82, 2.24) is 4.90 Å². The highest BCUT2D eigenvalue weighted by molar-refractivity contribution is 5.43. The van der Waals surface area contributed by atoms with Crippen molar-refractivity contribution < 1.29 is 19.5 Å². The van der Waals surface area contributed by atoms with E-state index in [1.807, 2.05) is 6.92 Å². The maximum absolute atomic E-state index is 10.9. The Morgan fingerprint density at radius 1 is 1.57 bits per heavy atom. The molecule has 1 N–H and O–H groups in total. The Morgan fingerprint density at radius 2 is 2.33 bits per heavy atom. The van der Waals surface area contributed by atoms with Gasteiger partial charge in [-0.3, -0.25) is 15.0 Å². The molecule has 1 fully saturated rings. The van der Waals surface area contributed by atoms with E-state index in [9.17, 15) is 15.2 Å². The van der Waals surface area contributed by atoms with Gasteiger partial charge in [-0.2, -0.15) is 0 Å². The van der Waals surface area contributed by atoms with Crippen molar-refractivity contribution in [3.8, 4) is 5.75 Å². The summed E-state index contributed by atoms with van der Waals surface area (Å²) in [6.45, 7) is 3.63. The van der Waals surface area contributed by atoms with Crippen LogP contribution in [0, 0.1) is 10.1 Å². The molecule has 1 aromatic rings. The largest absolute Gasteiger partial charge is 0.496 e. The number of ether oxygens (including phenoxy) is 2. The maximum atomic E-state index is 10.9. The summed E-state index contributed by atoms with van der Waals surface area (Å²) >= 11 is 0. The second-order valence-electron chi connectivity index (χ2n) is 5.17. The zero-order valence-electron chi connectivity index (χ0n) is 12.2. The van der Waals surface area contributed by atoms with E-state index in [1.165, 1.54) is 12.1 Å². The fourth-order valence-corrected chi connectivity index (χ4v) is 2.43. The number of non-ortho nitro benzene ring substituents is 1. The lowest BCUT2D eigenvalue weighted by Gasteiger charge is -2.37. The monoisotopic (exact) mass is 296 g/mol. The van der Waals surface area contributed by atoms with Gasteiger partial charge in [-0.25, -0.2) is 0 Å². The summed E-state index contributed by atoms with van der Waals surface area (Å²) in [5.74, 6) is 0.625. The molecule has 0 spiro atoms. The van der Waals surface area contributed by atoms with E-state index < -0.39 is 4.92 Å². The molecule has 0 aliphatic carbocycles. The highest BCUT2D eigenvalue weighted by Gasteiger charge is 2.26. The molecule has 1 aliphatic rings. The van der Waals surface area contributed by atoms with Crippen LogP contribution >= 0.6 is 0 Å². The zero-order chi connectivity index (χ0) is 15.4. The Hall–Kier alpha value is -1.70. The summed E-state index contributed by atoms with van der Waals surface area (Å²) in [6, 6.07) is 4.76. The lowest BCUT2D eigenvalue weighted by molar-refractivity contribution is -0.385. The van der Waals surface area contributed by atoms with Gasteiger partial charge in [0.25, 0.3) is 5.69 Å². The van der Waals surface area contributed by atoms with Gasteiger partial charge >= 0.3 is 0 Å². The zero-order valence-corrected chi connectivity index (χ0v) is 12.2. The van der Waals surface area contributed by atoms with Gasteiger partial charge in [0.1, 0.15) is 5.75 Å². The summed E-state index contributed by atoms with van der Waals surface area (Å²) < 4.78 is 10.8. The van der Waals surface area contributed by atoms with E-state index in [2.05, 4.69) is 4.90 Å². The standard InChI is InChI=1S/C14H20N2O5/c1-10-9-21-13(8-17)7-15(10)6-11-5-12(16(18)19)3-4-14(11)20-2/h3-5,10,13,17H,6-9H2,1-2H3. The van der Waals surface area contributed by atoms with Crippen molar-refractivity contribution in [1.29, 1.82) is 0 Å². The molecule has 1 aliphatic heterocycles. The fourth-order valence-electron chi connectivity index (χ4n) is 2.43. The second kappa shape index (κ2) is 6.84. The lowest BCUT2D eigenvalue weighted by atomic mass is 10.1. The predicted molar refractivity (Wildman–Crippen MR) is 76.3 cm³/mol. The first-order chi connectivity index (χ1) is 10.0. The van der Waals surface area contributed by atoms with Crippen LogP contribution in [0.3, 0.4) is 0 Å². The third kappa shape index (κ3) is 3.69. The van der Waals surface area contributed by atoms with Crippen LogP contribution < -0.4 is 4.74 Å². The van der Waals surface area contributed by atoms with E-state index in [4.69, 9.17) is 9.47 Å². The number of nitrogens with zero attached hydrogens (tertiary/aromatic N) is 2. The third-order valence-electron chi connectivity index (χ3n) is 3.69. The Bertz CT molecular complexity index is 508. The predicted octanol–water partition coefficient (Wildman–Crippen LogP) is 1.18. The topological polar surface area (TPSA) is 85.1 Å².